The summed E-state index contributed by atoms with van der Waals surface area (Å²) in [5, 5.41) is 0. The van der Waals surface area contributed by atoms with Gasteiger partial charge >= 0.3 is 0 Å². The van der Waals surface area contributed by atoms with Crippen LogP contribution in [0.3, 0.4) is 0 Å². The van der Waals surface area contributed by atoms with E-state index in [0.29, 0.717) is 5.92 Å². The van der Waals surface area contributed by atoms with E-state index in [1.165, 1.54) is 7.05 Å². The lowest BCUT2D eigenvalue weighted by Gasteiger charge is -2.24. The lowest BCUT2D eigenvalue weighted by molar-refractivity contribution is 0.355. The van der Waals surface area contributed by atoms with E-state index in [0.717, 1.165) is 35.3 Å². The maximum Gasteiger partial charge on any atom is 0.246 e. The van der Waals surface area contributed by atoms with E-state index in [1.54, 1.807) is 6.92 Å². The zero-order valence-corrected chi connectivity index (χ0v) is 11.0. The van der Waals surface area contributed by atoms with E-state index in [9.17, 15) is 17.2 Å². The van der Waals surface area contributed by atoms with Gasteiger partial charge in [0.1, 0.15) is 16.5 Å². The molecule has 1 fully saturated rings. The summed E-state index contributed by atoms with van der Waals surface area (Å²) in [6.07, 6.45) is 1.96. The number of nitrogens with zero attached hydrogens (tertiary/aromatic N) is 1. The molecule has 0 radical (unpaired) electrons. The third-order valence-corrected chi connectivity index (χ3v) is 5.39. The summed E-state index contributed by atoms with van der Waals surface area (Å²) in [6.45, 7) is 1.78. The van der Waals surface area contributed by atoms with Crippen molar-refractivity contribution in [3.63, 3.8) is 0 Å². The minimum atomic E-state index is -3.98. The second-order valence-corrected chi connectivity index (χ2v) is 6.64. The lowest BCUT2D eigenvalue weighted by atomic mass is 10.2. The van der Waals surface area contributed by atoms with Crippen LogP contribution in [0.4, 0.5) is 8.78 Å². The Morgan fingerprint density at radius 2 is 1.94 bits per heavy atom. The minimum absolute atomic E-state index is 0.197. The highest BCUT2D eigenvalue weighted by atomic mass is 32.2. The topological polar surface area (TPSA) is 37.4 Å². The number of halogens is 2. The van der Waals surface area contributed by atoms with Crippen molar-refractivity contribution in [3.8, 4) is 0 Å². The molecule has 0 amide bonds. The Bertz CT molecular complexity index is 555. The van der Waals surface area contributed by atoms with Gasteiger partial charge in [0.25, 0.3) is 0 Å². The second-order valence-electron chi connectivity index (χ2n) is 4.67. The van der Waals surface area contributed by atoms with Crippen LogP contribution in [-0.2, 0) is 10.0 Å². The van der Waals surface area contributed by atoms with Crippen molar-refractivity contribution in [1.29, 1.82) is 0 Å². The third kappa shape index (κ3) is 2.40. The molecule has 1 aliphatic carbocycles. The van der Waals surface area contributed by atoms with Crippen molar-refractivity contribution in [2.75, 3.05) is 7.05 Å². The molecule has 2 rings (SSSR count). The van der Waals surface area contributed by atoms with E-state index in [-0.39, 0.29) is 6.04 Å². The van der Waals surface area contributed by atoms with E-state index < -0.39 is 26.6 Å². The van der Waals surface area contributed by atoms with E-state index in [2.05, 4.69) is 0 Å². The maximum absolute atomic E-state index is 13.5. The van der Waals surface area contributed by atoms with Crippen molar-refractivity contribution >= 4 is 10.0 Å². The van der Waals surface area contributed by atoms with Crippen molar-refractivity contribution < 1.29 is 17.2 Å². The van der Waals surface area contributed by atoms with Gasteiger partial charge in [0, 0.05) is 13.1 Å². The van der Waals surface area contributed by atoms with Crippen LogP contribution in [-0.4, -0.2) is 25.8 Å². The molecule has 6 heteroatoms. The molecule has 18 heavy (non-hydrogen) atoms. The van der Waals surface area contributed by atoms with Crippen LogP contribution in [0.25, 0.3) is 0 Å². The van der Waals surface area contributed by atoms with Gasteiger partial charge in [-0.3, -0.25) is 0 Å². The van der Waals surface area contributed by atoms with Gasteiger partial charge < -0.3 is 0 Å². The Hall–Kier alpha value is -1.01. The summed E-state index contributed by atoms with van der Waals surface area (Å²) >= 11 is 0. The zero-order chi connectivity index (χ0) is 13.5. The fourth-order valence-corrected chi connectivity index (χ4v) is 3.42. The average Bonchev–Trinajstić information content (AvgIpc) is 3.14. The van der Waals surface area contributed by atoms with Crippen LogP contribution in [0.5, 0.6) is 0 Å². The molecule has 0 heterocycles. The molecule has 1 unspecified atom stereocenters. The van der Waals surface area contributed by atoms with E-state index in [4.69, 9.17) is 0 Å². The molecular formula is C12H15F2NO2S. The molecule has 0 N–H and O–H groups in total. The van der Waals surface area contributed by atoms with Crippen molar-refractivity contribution in [3.05, 3.63) is 29.8 Å². The van der Waals surface area contributed by atoms with Crippen LogP contribution in [0, 0.1) is 17.6 Å². The predicted octanol–water partition coefficient (Wildman–Crippen LogP) is 2.38. The molecule has 3 nitrogen and oxygen atoms in total. The highest BCUT2D eigenvalue weighted by Gasteiger charge is 2.37. The second kappa shape index (κ2) is 4.59. The lowest BCUT2D eigenvalue weighted by Crippen LogP contribution is -2.36. The summed E-state index contributed by atoms with van der Waals surface area (Å²) in [7, 11) is -2.57. The quantitative estimate of drug-likeness (QED) is 0.846. The van der Waals surface area contributed by atoms with Crippen LogP contribution in [0.2, 0.25) is 0 Å². The summed E-state index contributed by atoms with van der Waals surface area (Å²) in [5.41, 5.74) is 0. The van der Waals surface area contributed by atoms with Crippen LogP contribution in [0.1, 0.15) is 19.8 Å². The first-order valence-corrected chi connectivity index (χ1v) is 7.21. The van der Waals surface area contributed by atoms with Crippen molar-refractivity contribution in [2.24, 2.45) is 5.92 Å². The largest absolute Gasteiger partial charge is 0.246 e. The van der Waals surface area contributed by atoms with Crippen LogP contribution >= 0.6 is 0 Å². The summed E-state index contributed by atoms with van der Waals surface area (Å²) < 4.78 is 52.1. The molecule has 0 aliphatic heterocycles. The molecule has 1 aromatic rings. The predicted molar refractivity (Wildman–Crippen MR) is 63.5 cm³/mol. The van der Waals surface area contributed by atoms with Gasteiger partial charge in [-0.1, -0.05) is 0 Å². The van der Waals surface area contributed by atoms with Gasteiger partial charge in [0.05, 0.1) is 0 Å². The fraction of sp³-hybridized carbons (Fsp3) is 0.500. The smallest absolute Gasteiger partial charge is 0.207 e. The Morgan fingerprint density at radius 3 is 2.50 bits per heavy atom. The van der Waals surface area contributed by atoms with Gasteiger partial charge in [0.15, 0.2) is 0 Å². The number of hydrogen-bond acceptors (Lipinski definition) is 2. The first-order valence-electron chi connectivity index (χ1n) is 5.77. The van der Waals surface area contributed by atoms with Gasteiger partial charge in [-0.2, -0.15) is 4.31 Å². The molecular weight excluding hydrogens is 260 g/mol. The number of hydrogen-bond donors (Lipinski definition) is 0. The highest BCUT2D eigenvalue weighted by Crippen LogP contribution is 2.36. The van der Waals surface area contributed by atoms with Crippen molar-refractivity contribution in [2.45, 2.75) is 30.7 Å². The Labute approximate surface area is 105 Å². The molecule has 1 atom stereocenters. The maximum atomic E-state index is 13.5. The molecule has 0 bridgehead atoms. The van der Waals surface area contributed by atoms with E-state index in [1.807, 2.05) is 0 Å². The third-order valence-electron chi connectivity index (χ3n) is 3.43. The normalized spacial score (nSPS) is 18.1. The monoisotopic (exact) mass is 275 g/mol. The van der Waals surface area contributed by atoms with Gasteiger partial charge in [-0.15, -0.1) is 0 Å². The van der Waals surface area contributed by atoms with Gasteiger partial charge in [0.2, 0.25) is 10.0 Å². The zero-order valence-electron chi connectivity index (χ0n) is 10.2. The number of benzene rings is 1. The number of rotatable bonds is 4. The molecule has 1 aliphatic rings. The SMILES string of the molecule is CC(C1CC1)N(C)S(=O)(=O)c1cc(F)ccc1F. The molecule has 0 aromatic heterocycles. The molecule has 1 aromatic carbocycles. The Balaban J connectivity index is 2.37. The summed E-state index contributed by atoms with van der Waals surface area (Å²) in [6, 6.07) is 2.26. The van der Waals surface area contributed by atoms with Crippen LogP contribution < -0.4 is 0 Å². The minimum Gasteiger partial charge on any atom is -0.207 e. The van der Waals surface area contributed by atoms with Crippen molar-refractivity contribution in [1.82, 2.24) is 4.31 Å². The Kier molecular flexibility index (Phi) is 3.42. The Morgan fingerprint density at radius 1 is 1.33 bits per heavy atom. The van der Waals surface area contributed by atoms with E-state index >= 15 is 0 Å². The summed E-state index contributed by atoms with van der Waals surface area (Å²) in [5.74, 6) is -1.37. The molecule has 100 valence electrons. The summed E-state index contributed by atoms with van der Waals surface area (Å²) in [4.78, 5) is -0.600. The number of sulfonamides is 1. The fourth-order valence-electron chi connectivity index (χ4n) is 1.92. The first kappa shape index (κ1) is 13.4. The molecule has 1 saturated carbocycles. The average molecular weight is 275 g/mol. The van der Waals surface area contributed by atoms with Gasteiger partial charge in [-0.25, -0.2) is 17.2 Å². The molecule has 0 spiro atoms. The van der Waals surface area contributed by atoms with Crippen LogP contribution in [0.15, 0.2) is 23.1 Å². The molecule has 0 saturated heterocycles. The standard InChI is InChI=1S/C12H15F2NO2S/c1-8(9-3-4-9)15(2)18(16,17)12-7-10(13)5-6-11(12)14/h5-9H,3-4H2,1-2H3. The first-order chi connectivity index (χ1) is 8.34. The van der Waals surface area contributed by atoms with Gasteiger partial charge in [-0.05, 0) is 43.9 Å². The highest BCUT2D eigenvalue weighted by molar-refractivity contribution is 7.89.